The SMILES string of the molecule is CC1(C)c2ccc3ccccc3c2Oc2c1ccc1ccc(O)c(O)c21. The van der Waals surface area contributed by atoms with Crippen LogP contribution in [0.15, 0.2) is 60.7 Å². The molecule has 128 valence electrons. The average Bonchev–Trinajstić information content (AvgIpc) is 2.64. The second-order valence-corrected chi connectivity index (χ2v) is 7.36. The van der Waals surface area contributed by atoms with Crippen molar-refractivity contribution in [3.05, 3.63) is 71.8 Å². The molecule has 1 aliphatic rings. The van der Waals surface area contributed by atoms with Crippen molar-refractivity contribution in [1.82, 2.24) is 0 Å². The number of phenolic OH excluding ortho intramolecular Hbond substituents is 2. The zero-order chi connectivity index (χ0) is 18.1. The molecule has 0 unspecified atom stereocenters. The Morgan fingerprint density at radius 2 is 1.38 bits per heavy atom. The maximum absolute atomic E-state index is 10.5. The lowest BCUT2D eigenvalue weighted by molar-refractivity contribution is 0.401. The van der Waals surface area contributed by atoms with E-state index < -0.39 is 0 Å². The molecule has 1 aliphatic heterocycles. The summed E-state index contributed by atoms with van der Waals surface area (Å²) in [6.45, 7) is 4.32. The first kappa shape index (κ1) is 15.1. The van der Waals surface area contributed by atoms with Crippen LogP contribution in [0.3, 0.4) is 0 Å². The van der Waals surface area contributed by atoms with E-state index in [-0.39, 0.29) is 16.9 Å². The Kier molecular flexibility index (Phi) is 2.85. The number of rotatable bonds is 0. The highest BCUT2D eigenvalue weighted by Gasteiger charge is 2.36. The highest BCUT2D eigenvalue weighted by Crippen LogP contribution is 2.54. The summed E-state index contributed by atoms with van der Waals surface area (Å²) in [5, 5.41) is 24.1. The molecule has 0 aliphatic carbocycles. The molecule has 5 rings (SSSR count). The van der Waals surface area contributed by atoms with Gasteiger partial charge in [0.05, 0.1) is 5.39 Å². The molecule has 0 saturated carbocycles. The zero-order valence-electron chi connectivity index (χ0n) is 14.6. The molecular weight excluding hydrogens is 324 g/mol. The van der Waals surface area contributed by atoms with Crippen LogP contribution < -0.4 is 4.74 Å². The first-order chi connectivity index (χ1) is 12.5. The van der Waals surface area contributed by atoms with Crippen molar-refractivity contribution in [2.45, 2.75) is 19.3 Å². The van der Waals surface area contributed by atoms with Crippen LogP contribution in [-0.4, -0.2) is 10.2 Å². The first-order valence-corrected chi connectivity index (χ1v) is 8.66. The molecule has 1 heterocycles. The summed E-state index contributed by atoms with van der Waals surface area (Å²) in [6, 6.07) is 19.7. The fourth-order valence-corrected chi connectivity index (χ4v) is 4.05. The molecule has 26 heavy (non-hydrogen) atoms. The van der Waals surface area contributed by atoms with Crippen LogP contribution in [0.1, 0.15) is 25.0 Å². The second-order valence-electron chi connectivity index (χ2n) is 7.36. The van der Waals surface area contributed by atoms with Crippen LogP contribution in [0.25, 0.3) is 21.5 Å². The van der Waals surface area contributed by atoms with Crippen LogP contribution >= 0.6 is 0 Å². The normalized spacial score (nSPS) is 14.7. The van der Waals surface area contributed by atoms with Crippen molar-refractivity contribution in [2.75, 3.05) is 0 Å². The Bertz CT molecular complexity index is 1210. The van der Waals surface area contributed by atoms with Gasteiger partial charge >= 0.3 is 0 Å². The Hall–Kier alpha value is -3.20. The summed E-state index contributed by atoms with van der Waals surface area (Å²) in [6.07, 6.45) is 0. The molecule has 0 amide bonds. The lowest BCUT2D eigenvalue weighted by Crippen LogP contribution is -2.24. The molecule has 3 heteroatoms. The highest BCUT2D eigenvalue weighted by molar-refractivity contribution is 5.99. The Morgan fingerprint density at radius 3 is 2.19 bits per heavy atom. The summed E-state index contributed by atoms with van der Waals surface area (Å²) in [5.41, 5.74) is 1.82. The molecule has 0 fully saturated rings. The van der Waals surface area contributed by atoms with Gasteiger partial charge in [-0.3, -0.25) is 0 Å². The van der Waals surface area contributed by atoms with Crippen LogP contribution in [0.4, 0.5) is 0 Å². The van der Waals surface area contributed by atoms with E-state index in [1.807, 2.05) is 24.3 Å². The third-order valence-corrected chi connectivity index (χ3v) is 5.52. The number of hydrogen-bond donors (Lipinski definition) is 2. The van der Waals surface area contributed by atoms with E-state index in [0.29, 0.717) is 11.1 Å². The number of phenols is 2. The van der Waals surface area contributed by atoms with Crippen molar-refractivity contribution in [3.63, 3.8) is 0 Å². The molecule has 0 aromatic heterocycles. The van der Waals surface area contributed by atoms with Crippen LogP contribution in [0.2, 0.25) is 0 Å². The number of benzene rings is 4. The summed E-state index contributed by atoms with van der Waals surface area (Å²) in [5.74, 6) is 1.15. The van der Waals surface area contributed by atoms with Gasteiger partial charge in [-0.15, -0.1) is 0 Å². The predicted octanol–water partition coefficient (Wildman–Crippen LogP) is 5.84. The third kappa shape index (κ3) is 1.83. The van der Waals surface area contributed by atoms with Crippen molar-refractivity contribution in [3.8, 4) is 23.0 Å². The second kappa shape index (κ2) is 4.92. The van der Waals surface area contributed by atoms with Crippen LogP contribution in [0.5, 0.6) is 23.0 Å². The molecule has 4 aromatic carbocycles. The van der Waals surface area contributed by atoms with Crippen molar-refractivity contribution >= 4 is 21.5 Å². The van der Waals surface area contributed by atoms with Gasteiger partial charge in [-0.25, -0.2) is 0 Å². The Morgan fingerprint density at radius 1 is 0.731 bits per heavy atom. The summed E-state index contributed by atoms with van der Waals surface area (Å²) >= 11 is 0. The van der Waals surface area contributed by atoms with E-state index in [9.17, 15) is 10.2 Å². The number of aromatic hydroxyl groups is 2. The van der Waals surface area contributed by atoms with E-state index in [0.717, 1.165) is 33.0 Å². The fraction of sp³-hybridized carbons (Fsp3) is 0.130. The standard InChI is InChI=1S/C23H18O3/c1-23(2)16-10-7-13-5-3-4-6-15(13)21(16)26-22-17(23)11-8-14-9-12-18(24)20(25)19(14)22/h3-12,24-25H,1-2H3. The average molecular weight is 342 g/mol. The summed E-state index contributed by atoms with van der Waals surface area (Å²) in [7, 11) is 0. The molecule has 0 spiro atoms. The lowest BCUT2D eigenvalue weighted by Gasteiger charge is -2.35. The largest absolute Gasteiger partial charge is 0.504 e. The van der Waals surface area contributed by atoms with E-state index in [1.165, 1.54) is 6.07 Å². The van der Waals surface area contributed by atoms with Gasteiger partial charge in [0, 0.05) is 21.9 Å². The van der Waals surface area contributed by atoms with Crippen molar-refractivity contribution in [1.29, 1.82) is 0 Å². The predicted molar refractivity (Wildman–Crippen MR) is 103 cm³/mol. The van der Waals surface area contributed by atoms with E-state index in [1.54, 1.807) is 6.07 Å². The highest BCUT2D eigenvalue weighted by atomic mass is 16.5. The van der Waals surface area contributed by atoms with Gasteiger partial charge in [-0.05, 0) is 16.8 Å². The van der Waals surface area contributed by atoms with Gasteiger partial charge in [0.15, 0.2) is 11.5 Å². The molecule has 3 nitrogen and oxygen atoms in total. The van der Waals surface area contributed by atoms with Gasteiger partial charge in [0.1, 0.15) is 11.5 Å². The number of ether oxygens (including phenoxy) is 1. The van der Waals surface area contributed by atoms with Gasteiger partial charge in [-0.1, -0.05) is 68.4 Å². The molecule has 2 N–H and O–H groups in total. The maximum atomic E-state index is 10.5. The quantitative estimate of drug-likeness (QED) is 0.395. The minimum atomic E-state index is -0.293. The maximum Gasteiger partial charge on any atom is 0.169 e. The van der Waals surface area contributed by atoms with Gasteiger partial charge in [-0.2, -0.15) is 0 Å². The molecule has 4 aromatic rings. The van der Waals surface area contributed by atoms with E-state index in [2.05, 4.69) is 38.1 Å². The third-order valence-electron chi connectivity index (χ3n) is 5.52. The van der Waals surface area contributed by atoms with Gasteiger partial charge in [0.25, 0.3) is 0 Å². The Balaban J connectivity index is 1.91. The molecule has 0 bridgehead atoms. The minimum absolute atomic E-state index is 0.140. The number of fused-ring (bicyclic) bond motifs is 6. The molecule has 0 radical (unpaired) electrons. The monoisotopic (exact) mass is 342 g/mol. The van der Waals surface area contributed by atoms with E-state index in [4.69, 9.17) is 4.74 Å². The number of hydrogen-bond acceptors (Lipinski definition) is 3. The van der Waals surface area contributed by atoms with Gasteiger partial charge in [0.2, 0.25) is 0 Å². The van der Waals surface area contributed by atoms with Crippen molar-refractivity contribution in [2.24, 2.45) is 0 Å². The topological polar surface area (TPSA) is 49.7 Å². The zero-order valence-corrected chi connectivity index (χ0v) is 14.6. The Labute approximate surface area is 151 Å². The first-order valence-electron chi connectivity index (χ1n) is 8.66. The molecular formula is C23H18O3. The smallest absolute Gasteiger partial charge is 0.169 e. The lowest BCUT2D eigenvalue weighted by atomic mass is 9.74. The van der Waals surface area contributed by atoms with E-state index >= 15 is 0 Å². The van der Waals surface area contributed by atoms with Crippen LogP contribution in [0, 0.1) is 0 Å². The summed E-state index contributed by atoms with van der Waals surface area (Å²) < 4.78 is 6.40. The fourth-order valence-electron chi connectivity index (χ4n) is 4.05. The molecule has 0 atom stereocenters. The minimum Gasteiger partial charge on any atom is -0.504 e. The van der Waals surface area contributed by atoms with Crippen molar-refractivity contribution < 1.29 is 14.9 Å². The van der Waals surface area contributed by atoms with Gasteiger partial charge < -0.3 is 14.9 Å². The molecule has 0 saturated heterocycles. The summed E-state index contributed by atoms with van der Waals surface area (Å²) in [4.78, 5) is 0. The van der Waals surface area contributed by atoms with Crippen LogP contribution in [-0.2, 0) is 5.41 Å².